The maximum absolute atomic E-state index is 11.5. The number of rotatable bonds is 8. The number of aliphatic hydroxyl groups is 2. The molecule has 0 heterocycles. The number of amides is 2. The first-order valence-corrected chi connectivity index (χ1v) is 6.42. The Hall–Kier alpha value is 0.210. The van der Waals surface area contributed by atoms with E-state index >= 15 is 0 Å². The Morgan fingerprint density at radius 2 is 1.84 bits per heavy atom. The van der Waals surface area contributed by atoms with Gasteiger partial charge < -0.3 is 20.8 Å². The van der Waals surface area contributed by atoms with Crippen molar-refractivity contribution in [1.29, 1.82) is 0 Å². The van der Waals surface area contributed by atoms with Crippen LogP contribution in [0.15, 0.2) is 0 Å². The zero-order valence-corrected chi connectivity index (χ0v) is 11.7. The van der Waals surface area contributed by atoms with Gasteiger partial charge in [0.15, 0.2) is 0 Å². The van der Waals surface area contributed by atoms with Gasteiger partial charge >= 0.3 is 29.6 Å². The molecule has 0 radical (unpaired) electrons. The van der Waals surface area contributed by atoms with Crippen LogP contribution < -0.4 is 10.6 Å². The van der Waals surface area contributed by atoms with Gasteiger partial charge in [-0.25, -0.2) is 0 Å². The molecule has 6 nitrogen and oxygen atoms in total. The van der Waals surface area contributed by atoms with Gasteiger partial charge in [-0.1, -0.05) is 13.8 Å². The Morgan fingerprint density at radius 1 is 1.26 bits per heavy atom. The van der Waals surface area contributed by atoms with E-state index in [4.69, 9.17) is 5.11 Å². The number of hydrogen-bond acceptors (Lipinski definition) is 5. The van der Waals surface area contributed by atoms with Crippen LogP contribution in [0.1, 0.15) is 20.3 Å². The standard InChI is InChI=1S/C11H22N2O4S.Na.H/c1-11(2,7-14)9(16)10(17)13-4-3-8(15)12-5-6-18;;/h9,14,16,18H,3-7H2,1-2H3,(H,12,15)(H,13,17);;. The number of thiol groups is 1. The summed E-state index contributed by atoms with van der Waals surface area (Å²) >= 11 is 3.95. The molecule has 0 bridgehead atoms. The van der Waals surface area contributed by atoms with E-state index in [9.17, 15) is 14.7 Å². The third-order valence-corrected chi connectivity index (χ3v) is 2.70. The van der Waals surface area contributed by atoms with Crippen molar-refractivity contribution in [3.05, 3.63) is 0 Å². The van der Waals surface area contributed by atoms with Crippen molar-refractivity contribution < 1.29 is 19.8 Å². The molecule has 0 fully saturated rings. The van der Waals surface area contributed by atoms with Gasteiger partial charge in [-0.3, -0.25) is 9.59 Å². The summed E-state index contributed by atoms with van der Waals surface area (Å²) in [6.45, 7) is 3.49. The molecule has 0 aliphatic carbocycles. The van der Waals surface area contributed by atoms with E-state index < -0.39 is 17.4 Å². The van der Waals surface area contributed by atoms with Crippen LogP contribution in [0.5, 0.6) is 0 Å². The summed E-state index contributed by atoms with van der Waals surface area (Å²) in [7, 11) is 0. The van der Waals surface area contributed by atoms with Crippen molar-refractivity contribution in [1.82, 2.24) is 10.6 Å². The molecule has 0 aromatic carbocycles. The maximum atomic E-state index is 11.5. The molecule has 0 saturated heterocycles. The van der Waals surface area contributed by atoms with Crippen LogP contribution in [-0.4, -0.2) is 83.1 Å². The van der Waals surface area contributed by atoms with E-state index in [0.717, 1.165) is 0 Å². The molecule has 1 atom stereocenters. The zero-order valence-electron chi connectivity index (χ0n) is 10.8. The van der Waals surface area contributed by atoms with Gasteiger partial charge in [0.2, 0.25) is 11.8 Å². The first-order chi connectivity index (χ1) is 8.35. The van der Waals surface area contributed by atoms with Crippen molar-refractivity contribution in [2.24, 2.45) is 5.41 Å². The Labute approximate surface area is 141 Å². The van der Waals surface area contributed by atoms with Gasteiger partial charge in [-0.2, -0.15) is 12.6 Å². The monoisotopic (exact) mass is 302 g/mol. The first kappa shape index (κ1) is 21.5. The first-order valence-electron chi connectivity index (χ1n) is 5.79. The molecule has 0 aromatic rings. The summed E-state index contributed by atoms with van der Waals surface area (Å²) in [6.07, 6.45) is -1.16. The second kappa shape index (κ2) is 10.9. The second-order valence-electron chi connectivity index (χ2n) is 4.66. The Morgan fingerprint density at radius 3 is 2.32 bits per heavy atom. The molecular weight excluding hydrogens is 279 g/mol. The van der Waals surface area contributed by atoms with E-state index in [0.29, 0.717) is 12.3 Å². The molecule has 4 N–H and O–H groups in total. The van der Waals surface area contributed by atoms with Crippen molar-refractivity contribution in [2.75, 3.05) is 25.4 Å². The fourth-order valence-corrected chi connectivity index (χ4v) is 1.23. The SMILES string of the molecule is CC(C)(CO)C(O)C(=O)NCCC(=O)NCCS.[NaH]. The summed E-state index contributed by atoms with van der Waals surface area (Å²) < 4.78 is 0. The summed E-state index contributed by atoms with van der Waals surface area (Å²) in [6, 6.07) is 0. The molecule has 1 unspecified atom stereocenters. The van der Waals surface area contributed by atoms with E-state index in [-0.39, 0.29) is 55.0 Å². The van der Waals surface area contributed by atoms with Gasteiger partial charge in [0, 0.05) is 30.7 Å². The fourth-order valence-electron chi connectivity index (χ4n) is 1.12. The molecule has 8 heteroatoms. The molecule has 0 aromatic heterocycles. The molecule has 0 rings (SSSR count). The van der Waals surface area contributed by atoms with Gasteiger partial charge in [0.05, 0.1) is 6.61 Å². The van der Waals surface area contributed by atoms with Crippen LogP contribution in [-0.2, 0) is 9.59 Å². The Kier molecular flexibility index (Phi) is 12.4. The topological polar surface area (TPSA) is 98.7 Å². The fraction of sp³-hybridized carbons (Fsp3) is 0.818. The van der Waals surface area contributed by atoms with Gasteiger partial charge in [0.25, 0.3) is 0 Å². The van der Waals surface area contributed by atoms with Gasteiger partial charge in [-0.05, 0) is 0 Å². The minimum absolute atomic E-state index is 0. The third-order valence-electron chi connectivity index (χ3n) is 2.48. The number of hydrogen-bond donors (Lipinski definition) is 5. The predicted molar refractivity (Wildman–Crippen MR) is 78.5 cm³/mol. The molecule has 2 amide bonds. The second-order valence-corrected chi connectivity index (χ2v) is 5.11. The molecular formula is C11H23N2NaO4S. The molecule has 19 heavy (non-hydrogen) atoms. The minimum atomic E-state index is -1.30. The summed E-state index contributed by atoms with van der Waals surface area (Å²) in [4.78, 5) is 22.7. The van der Waals surface area contributed by atoms with Crippen molar-refractivity contribution >= 4 is 54.0 Å². The van der Waals surface area contributed by atoms with Gasteiger partial charge in [-0.15, -0.1) is 0 Å². The Bertz CT molecular complexity index is 290. The quantitative estimate of drug-likeness (QED) is 0.272. The number of carbonyl (C=O) groups excluding carboxylic acids is 2. The normalized spacial score (nSPS) is 12.3. The van der Waals surface area contributed by atoms with E-state index in [1.165, 1.54) is 0 Å². The van der Waals surface area contributed by atoms with Crippen molar-refractivity contribution in [3.8, 4) is 0 Å². The summed E-state index contributed by atoms with van der Waals surface area (Å²) in [5.74, 6) is -0.210. The number of aliphatic hydroxyl groups excluding tert-OH is 2. The van der Waals surface area contributed by atoms with Crippen LogP contribution in [0, 0.1) is 5.41 Å². The average Bonchev–Trinajstić information content (AvgIpc) is 2.35. The number of carbonyl (C=O) groups is 2. The number of nitrogens with one attached hydrogen (secondary N) is 2. The van der Waals surface area contributed by atoms with Crippen LogP contribution in [0.2, 0.25) is 0 Å². The molecule has 0 aliphatic rings. The Balaban J connectivity index is 0. The average molecular weight is 302 g/mol. The van der Waals surface area contributed by atoms with Crippen LogP contribution in [0.3, 0.4) is 0 Å². The van der Waals surface area contributed by atoms with Crippen LogP contribution in [0.4, 0.5) is 0 Å². The van der Waals surface area contributed by atoms with E-state index in [2.05, 4.69) is 23.3 Å². The van der Waals surface area contributed by atoms with Crippen molar-refractivity contribution in [2.45, 2.75) is 26.4 Å². The molecule has 0 spiro atoms. The summed E-state index contributed by atoms with van der Waals surface area (Å²) in [5, 5.41) is 23.7. The molecule has 0 saturated carbocycles. The van der Waals surface area contributed by atoms with E-state index in [1.54, 1.807) is 13.8 Å². The third kappa shape index (κ3) is 8.88. The zero-order chi connectivity index (χ0) is 14.2. The van der Waals surface area contributed by atoms with Crippen LogP contribution in [0.25, 0.3) is 0 Å². The molecule has 0 aliphatic heterocycles. The summed E-state index contributed by atoms with van der Waals surface area (Å²) in [5.41, 5.74) is -0.904. The van der Waals surface area contributed by atoms with Gasteiger partial charge in [0.1, 0.15) is 6.10 Å². The molecule has 108 valence electrons. The van der Waals surface area contributed by atoms with E-state index in [1.807, 2.05) is 0 Å². The van der Waals surface area contributed by atoms with Crippen LogP contribution >= 0.6 is 12.6 Å². The van der Waals surface area contributed by atoms with Crippen molar-refractivity contribution in [3.63, 3.8) is 0 Å². The predicted octanol–water partition coefficient (Wildman–Crippen LogP) is -1.73.